The molecule has 0 aliphatic heterocycles. The molecule has 0 saturated heterocycles. The van der Waals surface area contributed by atoms with Crippen LogP contribution >= 0.6 is 0 Å². The summed E-state index contributed by atoms with van der Waals surface area (Å²) in [4.78, 5) is 0. The average Bonchev–Trinajstić information content (AvgIpc) is 1.30. The van der Waals surface area contributed by atoms with Crippen molar-refractivity contribution >= 4 is 31.1 Å². The normalized spacial score (nSPS) is 7.44. The number of rotatable bonds is 0. The van der Waals surface area contributed by atoms with Crippen LogP contribution < -0.4 is 12.4 Å². The molecule has 0 heterocycles. The van der Waals surface area contributed by atoms with Gasteiger partial charge in [-0.2, -0.15) is 6.92 Å². The summed E-state index contributed by atoms with van der Waals surface area (Å²) in [5, 5.41) is 0. The molecule has 0 aromatic carbocycles. The van der Waals surface area contributed by atoms with Gasteiger partial charge in [-0.05, 0) is 0 Å². The van der Waals surface area contributed by atoms with Crippen molar-refractivity contribution < 1.29 is 12.4 Å². The van der Waals surface area contributed by atoms with Gasteiger partial charge in [-0.3, -0.25) is 5.92 Å². The standard InChI is InChI=1S/C6H11Si.ClH.Mg/c1-5-6-7(2,3)4;;/h1H2,2-4H3;1H;/q-1;;+2/p-1. The van der Waals surface area contributed by atoms with Crippen molar-refractivity contribution in [2.75, 3.05) is 0 Å². The SMILES string of the molecule is [CH2-]C#C[Si](C)(C)C.[Cl-].[Mg+2]. The second-order valence-corrected chi connectivity index (χ2v) is 7.30. The Bertz CT molecular complexity index is 106. The molecular formula is C6H11ClMgSi. The molecule has 0 fully saturated rings. The Morgan fingerprint density at radius 2 is 1.56 bits per heavy atom. The van der Waals surface area contributed by atoms with Gasteiger partial charge < -0.3 is 18.0 Å². The zero-order valence-corrected chi connectivity index (χ0v) is 9.46. The zero-order valence-electron chi connectivity index (χ0n) is 6.29. The van der Waals surface area contributed by atoms with Gasteiger partial charge in [-0.25, -0.2) is 0 Å². The third kappa shape index (κ3) is 17.7. The van der Waals surface area contributed by atoms with Crippen LogP contribution in [0.25, 0.3) is 0 Å². The van der Waals surface area contributed by atoms with Gasteiger partial charge in [0, 0.05) is 8.07 Å². The van der Waals surface area contributed by atoms with Gasteiger partial charge in [0.05, 0.1) is 0 Å². The largest absolute Gasteiger partial charge is 2.00 e. The van der Waals surface area contributed by atoms with E-state index in [1.54, 1.807) is 0 Å². The Balaban J connectivity index is -0.000000180. The third-order valence-electron chi connectivity index (χ3n) is 0.463. The molecule has 0 N–H and O–H groups in total. The molecule has 0 rings (SSSR count). The molecule has 0 aromatic rings. The molecule has 0 nitrogen and oxygen atoms in total. The Morgan fingerprint density at radius 1 is 1.22 bits per heavy atom. The summed E-state index contributed by atoms with van der Waals surface area (Å²) in [5.41, 5.74) is 3.06. The predicted molar refractivity (Wildman–Crippen MR) is 42.2 cm³/mol. The molecule has 0 aromatic heterocycles. The Kier molecular flexibility index (Phi) is 12.4. The van der Waals surface area contributed by atoms with Gasteiger partial charge in [0.25, 0.3) is 0 Å². The molecule has 9 heavy (non-hydrogen) atoms. The molecule has 3 heteroatoms. The predicted octanol–water partition coefficient (Wildman–Crippen LogP) is -1.68. The Hall–Kier alpha value is 0.703. The summed E-state index contributed by atoms with van der Waals surface area (Å²) in [7, 11) is -1.08. The molecule has 0 radical (unpaired) electrons. The Morgan fingerprint density at radius 3 is 1.56 bits per heavy atom. The van der Waals surface area contributed by atoms with Crippen LogP contribution in [0.3, 0.4) is 0 Å². The smallest absolute Gasteiger partial charge is 1.00 e. The van der Waals surface area contributed by atoms with Gasteiger partial charge in [-0.15, -0.1) is 0 Å². The van der Waals surface area contributed by atoms with Crippen molar-refractivity contribution in [3.63, 3.8) is 0 Å². The summed E-state index contributed by atoms with van der Waals surface area (Å²) in [6, 6.07) is 0. The van der Waals surface area contributed by atoms with Crippen LogP contribution in [0.1, 0.15) is 0 Å². The average molecular weight is 171 g/mol. The zero-order chi connectivity index (χ0) is 5.91. The second-order valence-electron chi connectivity index (χ2n) is 2.55. The minimum Gasteiger partial charge on any atom is -1.00 e. The van der Waals surface area contributed by atoms with Crippen LogP contribution in [0.5, 0.6) is 0 Å². The minimum atomic E-state index is -1.08. The van der Waals surface area contributed by atoms with E-state index in [1.807, 2.05) is 0 Å². The monoisotopic (exact) mass is 170 g/mol. The van der Waals surface area contributed by atoms with Crippen LogP contribution in [0, 0.1) is 18.4 Å². The quantitative estimate of drug-likeness (QED) is 0.232. The van der Waals surface area contributed by atoms with Gasteiger partial charge in [0.15, 0.2) is 0 Å². The second kappa shape index (κ2) is 6.82. The first-order chi connectivity index (χ1) is 3.06. The van der Waals surface area contributed by atoms with E-state index in [2.05, 4.69) is 38.0 Å². The van der Waals surface area contributed by atoms with Crippen molar-refractivity contribution in [3.05, 3.63) is 6.92 Å². The van der Waals surface area contributed by atoms with Crippen LogP contribution in [0.15, 0.2) is 0 Å². The van der Waals surface area contributed by atoms with E-state index in [1.165, 1.54) is 0 Å². The van der Waals surface area contributed by atoms with E-state index in [0.29, 0.717) is 0 Å². The van der Waals surface area contributed by atoms with Gasteiger partial charge in [0.2, 0.25) is 0 Å². The molecule has 0 unspecified atom stereocenters. The maximum Gasteiger partial charge on any atom is 2.00 e. The summed E-state index contributed by atoms with van der Waals surface area (Å²) in [6.45, 7) is 10.0. The van der Waals surface area contributed by atoms with Crippen LogP contribution in [-0.2, 0) is 0 Å². The molecule has 0 atom stereocenters. The van der Waals surface area contributed by atoms with Gasteiger partial charge in [-0.1, -0.05) is 19.6 Å². The van der Waals surface area contributed by atoms with Crippen LogP contribution in [0.4, 0.5) is 0 Å². The van der Waals surface area contributed by atoms with E-state index in [9.17, 15) is 0 Å². The first kappa shape index (κ1) is 16.4. The third-order valence-corrected chi connectivity index (χ3v) is 1.39. The van der Waals surface area contributed by atoms with Crippen molar-refractivity contribution in [2.45, 2.75) is 19.6 Å². The summed E-state index contributed by atoms with van der Waals surface area (Å²) in [5.74, 6) is 2.67. The number of hydrogen-bond acceptors (Lipinski definition) is 0. The van der Waals surface area contributed by atoms with Crippen LogP contribution in [0.2, 0.25) is 19.6 Å². The molecule has 48 valence electrons. The van der Waals surface area contributed by atoms with Crippen molar-refractivity contribution in [3.8, 4) is 11.5 Å². The topological polar surface area (TPSA) is 0 Å². The van der Waals surface area contributed by atoms with E-state index in [0.717, 1.165) is 0 Å². The fraction of sp³-hybridized carbons (Fsp3) is 0.500. The Labute approximate surface area is 81.4 Å². The molecule has 0 bridgehead atoms. The number of hydrogen-bond donors (Lipinski definition) is 0. The summed E-state index contributed by atoms with van der Waals surface area (Å²) in [6.07, 6.45) is 0. The van der Waals surface area contributed by atoms with Gasteiger partial charge >= 0.3 is 23.1 Å². The van der Waals surface area contributed by atoms with Crippen molar-refractivity contribution in [2.24, 2.45) is 0 Å². The fourth-order valence-corrected chi connectivity index (χ4v) is 0.795. The summed E-state index contributed by atoms with van der Waals surface area (Å²) >= 11 is 0. The maximum absolute atomic E-state index is 3.44. The van der Waals surface area contributed by atoms with E-state index in [4.69, 9.17) is 0 Å². The van der Waals surface area contributed by atoms with Crippen molar-refractivity contribution in [1.82, 2.24) is 0 Å². The molecular weight excluding hydrogens is 160 g/mol. The van der Waals surface area contributed by atoms with E-state index >= 15 is 0 Å². The first-order valence-electron chi connectivity index (χ1n) is 2.35. The molecule has 0 saturated carbocycles. The molecule has 0 amide bonds. The molecule has 0 aliphatic carbocycles. The molecule has 0 spiro atoms. The maximum atomic E-state index is 3.44. The molecule has 0 aliphatic rings. The van der Waals surface area contributed by atoms with Crippen LogP contribution in [-0.4, -0.2) is 31.1 Å². The first-order valence-corrected chi connectivity index (χ1v) is 5.85. The fourth-order valence-electron chi connectivity index (χ4n) is 0.265. The van der Waals surface area contributed by atoms with Crippen molar-refractivity contribution in [1.29, 1.82) is 0 Å². The minimum absolute atomic E-state index is 0. The number of halogens is 1. The van der Waals surface area contributed by atoms with Gasteiger partial charge in [0.1, 0.15) is 0 Å². The van der Waals surface area contributed by atoms with E-state index < -0.39 is 8.07 Å². The summed E-state index contributed by atoms with van der Waals surface area (Å²) < 4.78 is 0. The van der Waals surface area contributed by atoms with E-state index in [-0.39, 0.29) is 35.5 Å².